The van der Waals surface area contributed by atoms with E-state index in [9.17, 15) is 29.4 Å². The molecule has 4 aliphatic rings. The Balaban J connectivity index is 1.21. The number of allylic oxidation sites excluding steroid dienone is 2. The van der Waals surface area contributed by atoms with Gasteiger partial charge in [-0.2, -0.15) is 0 Å². The highest BCUT2D eigenvalue weighted by atomic mass is 16.6. The van der Waals surface area contributed by atoms with Crippen molar-refractivity contribution in [1.29, 1.82) is 0 Å². The Morgan fingerprint density at radius 1 is 1.02 bits per heavy atom. The number of aliphatic hydroxyl groups excluding tert-OH is 1. The van der Waals surface area contributed by atoms with Crippen molar-refractivity contribution in [3.8, 4) is 0 Å². The van der Waals surface area contributed by atoms with Crippen LogP contribution in [0.4, 0.5) is 4.79 Å². The van der Waals surface area contributed by atoms with Gasteiger partial charge in [-0.3, -0.25) is 14.4 Å². The third-order valence-electron chi connectivity index (χ3n) is 11.4. The number of Topliss-reactive ketones (excluding diaryl/α,β-unsaturated/α-hetero) is 2. The summed E-state index contributed by atoms with van der Waals surface area (Å²) in [6, 6.07) is 0. The van der Waals surface area contributed by atoms with Gasteiger partial charge in [0.25, 0.3) is 0 Å². The van der Waals surface area contributed by atoms with E-state index in [0.717, 1.165) is 69.8 Å². The zero-order valence-corrected chi connectivity index (χ0v) is 25.5. The Bertz CT molecular complexity index is 1060. The maximum absolute atomic E-state index is 13.4. The van der Waals surface area contributed by atoms with Gasteiger partial charge in [0.05, 0.1) is 6.10 Å². The highest BCUT2D eigenvalue weighted by molar-refractivity contribution is 5.91. The Morgan fingerprint density at radius 3 is 2.38 bits per heavy atom. The number of amides is 1. The molecule has 0 aliphatic heterocycles. The van der Waals surface area contributed by atoms with Crippen LogP contribution in [-0.2, 0) is 19.1 Å². The molecule has 0 aromatic heterocycles. The zero-order chi connectivity index (χ0) is 30.5. The molecule has 0 saturated heterocycles. The van der Waals surface area contributed by atoms with Crippen LogP contribution >= 0.6 is 0 Å². The molecule has 9 nitrogen and oxygen atoms in total. The number of fused-ring (bicyclic) bond motifs is 5. The average molecular weight is 590 g/mol. The molecule has 9 heteroatoms. The van der Waals surface area contributed by atoms with Crippen LogP contribution in [0.5, 0.6) is 0 Å². The number of aliphatic carboxylic acids is 1. The monoisotopic (exact) mass is 589 g/mol. The zero-order valence-electron chi connectivity index (χ0n) is 25.5. The van der Waals surface area contributed by atoms with E-state index < -0.39 is 41.6 Å². The van der Waals surface area contributed by atoms with Gasteiger partial charge in [-0.1, -0.05) is 64.0 Å². The number of rotatable bonds is 14. The molecule has 0 bridgehead atoms. The Morgan fingerprint density at radius 2 is 1.69 bits per heavy atom. The van der Waals surface area contributed by atoms with Crippen LogP contribution in [0.3, 0.4) is 0 Å². The third-order valence-corrected chi connectivity index (χ3v) is 11.4. The van der Waals surface area contributed by atoms with E-state index in [0.29, 0.717) is 38.6 Å². The number of ether oxygens (including phenoxy) is 1. The lowest BCUT2D eigenvalue weighted by Gasteiger charge is -2.59. The van der Waals surface area contributed by atoms with Crippen LogP contribution in [0.15, 0.2) is 11.6 Å². The van der Waals surface area contributed by atoms with Gasteiger partial charge < -0.3 is 25.4 Å². The molecule has 3 saturated carbocycles. The summed E-state index contributed by atoms with van der Waals surface area (Å²) >= 11 is 0. The first kappa shape index (κ1) is 32.6. The summed E-state index contributed by atoms with van der Waals surface area (Å²) < 4.78 is 5.23. The van der Waals surface area contributed by atoms with E-state index in [1.54, 1.807) is 0 Å². The maximum Gasteiger partial charge on any atom is 0.407 e. The smallest absolute Gasteiger partial charge is 0.407 e. The number of unbranched alkanes of at least 4 members (excludes halogenated alkanes) is 7. The molecule has 6 unspecified atom stereocenters. The van der Waals surface area contributed by atoms with E-state index in [1.807, 2.05) is 6.92 Å². The number of ketones is 2. The van der Waals surface area contributed by atoms with Crippen LogP contribution in [0.2, 0.25) is 0 Å². The van der Waals surface area contributed by atoms with E-state index in [1.165, 1.54) is 0 Å². The van der Waals surface area contributed by atoms with E-state index in [-0.39, 0.29) is 35.4 Å². The SMILES string of the molecule is CC12CCC(=O)CC1=CCC1C2C(O)CC2(C)C1CC[C@]2(O)C(=O)COC(=O)NCCCCCCCCCCC(=O)O. The topological polar surface area (TPSA) is 150 Å². The molecule has 0 spiro atoms. The van der Waals surface area contributed by atoms with Crippen LogP contribution in [0.1, 0.15) is 117 Å². The lowest BCUT2D eigenvalue weighted by Crippen LogP contribution is -2.62. The molecule has 1 amide bonds. The fourth-order valence-electron chi connectivity index (χ4n) is 9.03. The molecule has 0 heterocycles. The normalized spacial score (nSPS) is 35.4. The lowest BCUT2D eigenvalue weighted by atomic mass is 9.46. The first-order chi connectivity index (χ1) is 19.9. The predicted octanol–water partition coefficient (Wildman–Crippen LogP) is 5.11. The van der Waals surface area contributed by atoms with Crippen molar-refractivity contribution >= 4 is 23.6 Å². The highest BCUT2D eigenvalue weighted by Gasteiger charge is 2.68. The van der Waals surface area contributed by atoms with Gasteiger partial charge in [-0.15, -0.1) is 0 Å². The van der Waals surface area contributed by atoms with Crippen LogP contribution in [0.25, 0.3) is 0 Å². The summed E-state index contributed by atoms with van der Waals surface area (Å²) in [5.74, 6) is -0.787. The fraction of sp³-hybridized carbons (Fsp3) is 0.818. The Labute approximate surface area is 249 Å². The predicted molar refractivity (Wildman–Crippen MR) is 157 cm³/mol. The van der Waals surface area contributed by atoms with Crippen LogP contribution in [-0.4, -0.2) is 63.8 Å². The number of carbonyl (C=O) groups is 4. The summed E-state index contributed by atoms with van der Waals surface area (Å²) in [5, 5.41) is 34.7. The van der Waals surface area contributed by atoms with Crippen LogP contribution in [0, 0.1) is 28.6 Å². The molecule has 4 rings (SSSR count). The molecule has 4 N–H and O–H groups in total. The second-order valence-corrected chi connectivity index (χ2v) is 13.9. The minimum atomic E-state index is -1.66. The van der Waals surface area contributed by atoms with Crippen LogP contribution < -0.4 is 5.32 Å². The van der Waals surface area contributed by atoms with E-state index in [4.69, 9.17) is 9.84 Å². The number of aliphatic hydroxyl groups is 2. The minimum Gasteiger partial charge on any atom is -0.481 e. The van der Waals surface area contributed by atoms with Gasteiger partial charge in [-0.25, -0.2) is 4.79 Å². The van der Waals surface area contributed by atoms with Crippen molar-refractivity contribution in [3.05, 3.63) is 11.6 Å². The number of alkyl carbamates (subject to hydrolysis) is 1. The largest absolute Gasteiger partial charge is 0.481 e. The van der Waals surface area contributed by atoms with E-state index in [2.05, 4.69) is 18.3 Å². The number of carbonyl (C=O) groups excluding carboxylic acids is 3. The molecule has 0 aromatic rings. The molecule has 236 valence electrons. The van der Waals surface area contributed by atoms with Gasteiger partial charge in [0, 0.05) is 31.2 Å². The molecule has 0 aromatic carbocycles. The summed E-state index contributed by atoms with van der Waals surface area (Å²) in [6.07, 6.45) is 12.5. The van der Waals surface area contributed by atoms with Crippen molar-refractivity contribution in [1.82, 2.24) is 5.32 Å². The van der Waals surface area contributed by atoms with Crippen molar-refractivity contribution in [2.24, 2.45) is 28.6 Å². The summed E-state index contributed by atoms with van der Waals surface area (Å²) in [7, 11) is 0. The standard InChI is InChI=1S/C33H51NO8/c1-31-16-14-23(35)19-22(31)12-13-24-25-15-17-33(41,32(25,2)20-26(36)29(24)31)27(37)21-42-30(40)34-18-10-8-6-4-3-5-7-9-11-28(38)39/h12,24-26,29,36,41H,3-11,13-21H2,1-2H3,(H,34,40)(H,38,39)/t24?,25?,26?,29?,31?,32?,33-/m0/s1. The molecule has 42 heavy (non-hydrogen) atoms. The summed E-state index contributed by atoms with van der Waals surface area (Å²) in [4.78, 5) is 48.3. The second-order valence-electron chi connectivity index (χ2n) is 13.9. The molecular weight excluding hydrogens is 538 g/mol. The Hall–Kier alpha value is -2.26. The highest BCUT2D eigenvalue weighted by Crippen LogP contribution is 2.67. The van der Waals surface area contributed by atoms with Crippen molar-refractivity contribution in [2.75, 3.05) is 13.2 Å². The first-order valence-corrected chi connectivity index (χ1v) is 16.2. The van der Waals surface area contributed by atoms with Crippen molar-refractivity contribution in [2.45, 2.75) is 128 Å². The van der Waals surface area contributed by atoms with Gasteiger partial charge >= 0.3 is 12.1 Å². The quantitative estimate of drug-likeness (QED) is 0.161. The number of hydrogen-bond acceptors (Lipinski definition) is 7. The van der Waals surface area contributed by atoms with Gasteiger partial charge in [0.2, 0.25) is 5.78 Å². The Kier molecular flexibility index (Phi) is 10.6. The maximum atomic E-state index is 13.4. The molecule has 3 fully saturated rings. The number of hydrogen-bond donors (Lipinski definition) is 4. The molecule has 0 radical (unpaired) electrons. The molecule has 7 atom stereocenters. The first-order valence-electron chi connectivity index (χ1n) is 16.2. The number of carboxylic acid groups (broad SMARTS) is 1. The minimum absolute atomic E-state index is 0.00645. The van der Waals surface area contributed by atoms with Gasteiger partial charge in [-0.05, 0) is 68.1 Å². The molecule has 4 aliphatic carbocycles. The average Bonchev–Trinajstić information content (AvgIpc) is 3.21. The van der Waals surface area contributed by atoms with Crippen molar-refractivity contribution in [3.63, 3.8) is 0 Å². The molecular formula is C33H51NO8. The lowest BCUT2D eigenvalue weighted by molar-refractivity contribution is -0.180. The number of carboxylic acids is 1. The van der Waals surface area contributed by atoms with Gasteiger partial charge in [0.1, 0.15) is 11.4 Å². The van der Waals surface area contributed by atoms with Crippen molar-refractivity contribution < 1.29 is 39.2 Å². The second kappa shape index (κ2) is 13.6. The third kappa shape index (κ3) is 6.62. The van der Waals surface area contributed by atoms with E-state index >= 15 is 0 Å². The van der Waals surface area contributed by atoms with Gasteiger partial charge in [0.15, 0.2) is 6.61 Å². The summed E-state index contributed by atoms with van der Waals surface area (Å²) in [5.41, 5.74) is -1.55. The summed E-state index contributed by atoms with van der Waals surface area (Å²) in [6.45, 7) is 4.05. The fourth-order valence-corrected chi connectivity index (χ4v) is 9.03. The number of nitrogens with one attached hydrogen (secondary N) is 1.